The van der Waals surface area contributed by atoms with E-state index in [1.54, 1.807) is 0 Å². The highest BCUT2D eigenvalue weighted by atomic mass is 16.5. The predicted octanol–water partition coefficient (Wildman–Crippen LogP) is 1.35. The lowest BCUT2D eigenvalue weighted by Crippen LogP contribution is -2.41. The van der Waals surface area contributed by atoms with Crippen molar-refractivity contribution in [1.82, 2.24) is 15.1 Å². The summed E-state index contributed by atoms with van der Waals surface area (Å²) in [4.78, 5) is 28.2. The van der Waals surface area contributed by atoms with Crippen molar-refractivity contribution in [2.45, 2.75) is 26.3 Å². The molecule has 1 aromatic rings. The number of benzene rings is 1. The summed E-state index contributed by atoms with van der Waals surface area (Å²) in [7, 11) is 1.53. The van der Waals surface area contributed by atoms with Gasteiger partial charge in [-0.15, -0.1) is 0 Å². The van der Waals surface area contributed by atoms with Crippen LogP contribution in [0.4, 0.5) is 0 Å². The Bertz CT molecular complexity index is 574. The first kappa shape index (κ1) is 19.4. The maximum Gasteiger partial charge on any atom is 0.248 e. The first-order valence-electron chi connectivity index (χ1n) is 8.84. The topological polar surface area (TPSA) is 61.9 Å². The molecule has 0 bridgehead atoms. The van der Waals surface area contributed by atoms with Crippen molar-refractivity contribution >= 4 is 11.8 Å². The Kier molecular flexibility index (Phi) is 7.40. The van der Waals surface area contributed by atoms with Crippen LogP contribution < -0.4 is 5.32 Å². The molecule has 0 spiro atoms. The van der Waals surface area contributed by atoms with E-state index >= 15 is 0 Å². The molecule has 1 atom stereocenters. The molecule has 0 aliphatic carbocycles. The zero-order valence-corrected chi connectivity index (χ0v) is 15.5. The first-order valence-corrected chi connectivity index (χ1v) is 8.84. The lowest BCUT2D eigenvalue weighted by Gasteiger charge is -2.22. The van der Waals surface area contributed by atoms with Gasteiger partial charge in [0, 0.05) is 33.3 Å². The summed E-state index contributed by atoms with van der Waals surface area (Å²) in [6.45, 7) is 7.42. The van der Waals surface area contributed by atoms with Gasteiger partial charge < -0.3 is 15.0 Å². The van der Waals surface area contributed by atoms with E-state index in [1.165, 1.54) is 12.7 Å². The maximum absolute atomic E-state index is 12.3. The van der Waals surface area contributed by atoms with E-state index in [1.807, 2.05) is 30.9 Å². The van der Waals surface area contributed by atoms with Gasteiger partial charge in [-0.05, 0) is 25.8 Å². The molecule has 138 valence electrons. The number of aryl methyl sites for hydroxylation is 1. The van der Waals surface area contributed by atoms with Gasteiger partial charge in [-0.3, -0.25) is 14.5 Å². The zero-order valence-electron chi connectivity index (χ0n) is 15.5. The molecule has 0 unspecified atom stereocenters. The number of methoxy groups -OCH3 is 1. The Morgan fingerprint density at radius 2 is 1.88 bits per heavy atom. The number of nitrogens with one attached hydrogen (secondary N) is 1. The number of nitrogens with zero attached hydrogens (tertiary/aromatic N) is 2. The van der Waals surface area contributed by atoms with Crippen LogP contribution >= 0.6 is 0 Å². The molecule has 1 heterocycles. The highest BCUT2D eigenvalue weighted by Crippen LogP contribution is 2.13. The molecular formula is C19H29N3O3. The molecule has 0 saturated carbocycles. The van der Waals surface area contributed by atoms with Crippen LogP contribution in [0.3, 0.4) is 0 Å². The number of ether oxygens (including phenoxy) is 1. The van der Waals surface area contributed by atoms with Crippen molar-refractivity contribution in [2.75, 3.05) is 46.4 Å². The quantitative estimate of drug-likeness (QED) is 0.844. The van der Waals surface area contributed by atoms with E-state index in [4.69, 9.17) is 4.74 Å². The Balaban J connectivity index is 1.80. The molecular weight excluding hydrogens is 318 g/mol. The lowest BCUT2D eigenvalue weighted by molar-refractivity contribution is -0.135. The minimum atomic E-state index is -0.0140. The van der Waals surface area contributed by atoms with Crippen LogP contribution in [-0.4, -0.2) is 68.1 Å². The van der Waals surface area contributed by atoms with E-state index in [-0.39, 0.29) is 24.5 Å². The van der Waals surface area contributed by atoms with E-state index < -0.39 is 0 Å². The molecule has 1 aliphatic heterocycles. The third kappa shape index (κ3) is 6.14. The molecule has 1 aromatic carbocycles. The Morgan fingerprint density at radius 3 is 2.56 bits per heavy atom. The molecule has 1 fully saturated rings. The van der Waals surface area contributed by atoms with Crippen molar-refractivity contribution in [1.29, 1.82) is 0 Å². The SMILES string of the molecule is COCC(=O)N1CCCN(CC(=O)N[C@@H](C)c2ccc(C)cc2)CC1. The number of carbonyl (C=O) groups excluding carboxylic acids is 2. The molecule has 0 radical (unpaired) electrons. The predicted molar refractivity (Wildman–Crippen MR) is 97.2 cm³/mol. The second kappa shape index (κ2) is 9.53. The summed E-state index contributed by atoms with van der Waals surface area (Å²) in [5.41, 5.74) is 2.31. The summed E-state index contributed by atoms with van der Waals surface area (Å²) < 4.78 is 4.91. The average Bonchev–Trinajstić information content (AvgIpc) is 2.81. The second-order valence-corrected chi connectivity index (χ2v) is 6.64. The van der Waals surface area contributed by atoms with Gasteiger partial charge in [-0.1, -0.05) is 29.8 Å². The van der Waals surface area contributed by atoms with E-state index in [9.17, 15) is 9.59 Å². The fourth-order valence-corrected chi connectivity index (χ4v) is 3.02. The standard InChI is InChI=1S/C19H29N3O3/c1-15-5-7-17(8-6-15)16(2)20-18(23)13-21-9-4-10-22(12-11-21)19(24)14-25-3/h5-8,16H,4,9-14H2,1-3H3,(H,20,23)/t16-/m0/s1. The smallest absolute Gasteiger partial charge is 0.248 e. The minimum Gasteiger partial charge on any atom is -0.375 e. The van der Waals surface area contributed by atoms with Crippen LogP contribution in [0.1, 0.15) is 30.5 Å². The molecule has 1 N–H and O–H groups in total. The lowest BCUT2D eigenvalue weighted by atomic mass is 10.1. The van der Waals surface area contributed by atoms with Crippen molar-refractivity contribution in [2.24, 2.45) is 0 Å². The number of rotatable bonds is 6. The van der Waals surface area contributed by atoms with Gasteiger partial charge >= 0.3 is 0 Å². The van der Waals surface area contributed by atoms with Gasteiger partial charge in [0.15, 0.2) is 0 Å². The fourth-order valence-electron chi connectivity index (χ4n) is 3.02. The molecule has 6 nitrogen and oxygen atoms in total. The van der Waals surface area contributed by atoms with Crippen LogP contribution in [0.2, 0.25) is 0 Å². The summed E-state index contributed by atoms with van der Waals surface area (Å²) in [5.74, 6) is 0.0338. The monoisotopic (exact) mass is 347 g/mol. The zero-order chi connectivity index (χ0) is 18.2. The highest BCUT2D eigenvalue weighted by molar-refractivity contribution is 5.79. The van der Waals surface area contributed by atoms with Gasteiger partial charge in [0.25, 0.3) is 0 Å². The average molecular weight is 347 g/mol. The summed E-state index contributed by atoms with van der Waals surface area (Å²) in [5, 5.41) is 3.06. The van der Waals surface area contributed by atoms with Crippen molar-refractivity contribution in [3.05, 3.63) is 35.4 Å². The van der Waals surface area contributed by atoms with E-state index in [0.717, 1.165) is 25.1 Å². The third-order valence-electron chi connectivity index (χ3n) is 4.53. The Hall–Kier alpha value is -1.92. The molecule has 2 rings (SSSR count). The number of hydrogen-bond acceptors (Lipinski definition) is 4. The van der Waals surface area contributed by atoms with E-state index in [2.05, 4.69) is 22.3 Å². The summed E-state index contributed by atoms with van der Waals surface area (Å²) >= 11 is 0. The van der Waals surface area contributed by atoms with Crippen LogP contribution in [-0.2, 0) is 14.3 Å². The van der Waals surface area contributed by atoms with Gasteiger partial charge in [-0.25, -0.2) is 0 Å². The van der Waals surface area contributed by atoms with Crippen LogP contribution in [0.25, 0.3) is 0 Å². The molecule has 2 amide bonds. The number of hydrogen-bond donors (Lipinski definition) is 1. The molecule has 6 heteroatoms. The normalized spacial score (nSPS) is 17.0. The van der Waals surface area contributed by atoms with Crippen LogP contribution in [0, 0.1) is 6.92 Å². The first-order chi connectivity index (χ1) is 12.0. The summed E-state index contributed by atoms with van der Waals surface area (Å²) in [6.07, 6.45) is 0.871. The van der Waals surface area contributed by atoms with Crippen molar-refractivity contribution < 1.29 is 14.3 Å². The Morgan fingerprint density at radius 1 is 1.16 bits per heavy atom. The molecule has 1 saturated heterocycles. The van der Waals surface area contributed by atoms with Crippen LogP contribution in [0.15, 0.2) is 24.3 Å². The minimum absolute atomic E-state index is 0.0140. The summed E-state index contributed by atoms with van der Waals surface area (Å²) in [6, 6.07) is 8.19. The molecule has 1 aliphatic rings. The molecule has 0 aromatic heterocycles. The van der Waals surface area contributed by atoms with Crippen LogP contribution in [0.5, 0.6) is 0 Å². The maximum atomic E-state index is 12.3. The van der Waals surface area contributed by atoms with Gasteiger partial charge in [0.05, 0.1) is 12.6 Å². The number of carbonyl (C=O) groups is 2. The van der Waals surface area contributed by atoms with Gasteiger partial charge in [-0.2, -0.15) is 0 Å². The fraction of sp³-hybridized carbons (Fsp3) is 0.579. The largest absolute Gasteiger partial charge is 0.375 e. The third-order valence-corrected chi connectivity index (χ3v) is 4.53. The molecule has 25 heavy (non-hydrogen) atoms. The van der Waals surface area contributed by atoms with E-state index in [0.29, 0.717) is 19.6 Å². The Labute approximate surface area is 150 Å². The highest BCUT2D eigenvalue weighted by Gasteiger charge is 2.20. The van der Waals surface area contributed by atoms with Gasteiger partial charge in [0.1, 0.15) is 6.61 Å². The number of amides is 2. The van der Waals surface area contributed by atoms with Crippen molar-refractivity contribution in [3.8, 4) is 0 Å². The van der Waals surface area contributed by atoms with Crippen molar-refractivity contribution in [3.63, 3.8) is 0 Å². The second-order valence-electron chi connectivity index (χ2n) is 6.64. The van der Waals surface area contributed by atoms with Gasteiger partial charge in [0.2, 0.25) is 11.8 Å².